The molecule has 0 saturated carbocycles. The zero-order valence-corrected chi connectivity index (χ0v) is 9.64. The molecule has 0 saturated heterocycles. The lowest BCUT2D eigenvalue weighted by Crippen LogP contribution is -2.24. The van der Waals surface area contributed by atoms with Crippen molar-refractivity contribution in [3.63, 3.8) is 0 Å². The minimum Gasteiger partial charge on any atom is -0.366 e. The number of hydrogen-bond acceptors (Lipinski definition) is 3. The summed E-state index contributed by atoms with van der Waals surface area (Å²) in [5, 5.41) is 2.72. The lowest BCUT2D eigenvalue weighted by molar-refractivity contribution is -0.114. The maximum absolute atomic E-state index is 11.6. The standard InChI is InChI=1S/C12H15N3O2/c1-9(11(13)16)4-2-7-15-12(17)10-5-3-6-14-8-10/h3-6,8H,2,7H2,1H3,(H2,13,16)(H,15,17). The zero-order valence-electron chi connectivity index (χ0n) is 9.64. The molecule has 0 radical (unpaired) electrons. The van der Waals surface area contributed by atoms with Crippen LogP contribution >= 0.6 is 0 Å². The Kier molecular flexibility index (Phi) is 4.87. The molecule has 0 unspecified atom stereocenters. The second-order valence-electron chi connectivity index (χ2n) is 3.54. The van der Waals surface area contributed by atoms with Gasteiger partial charge in [-0.15, -0.1) is 0 Å². The molecule has 17 heavy (non-hydrogen) atoms. The third-order valence-electron chi connectivity index (χ3n) is 2.19. The van der Waals surface area contributed by atoms with Crippen LogP contribution < -0.4 is 11.1 Å². The molecule has 0 aliphatic heterocycles. The van der Waals surface area contributed by atoms with Crippen molar-refractivity contribution < 1.29 is 9.59 Å². The van der Waals surface area contributed by atoms with E-state index in [1.165, 1.54) is 6.20 Å². The van der Waals surface area contributed by atoms with E-state index >= 15 is 0 Å². The summed E-state index contributed by atoms with van der Waals surface area (Å²) in [4.78, 5) is 26.1. The molecule has 0 atom stereocenters. The van der Waals surface area contributed by atoms with E-state index in [-0.39, 0.29) is 5.91 Å². The Bertz CT molecular complexity index is 427. The first-order valence-corrected chi connectivity index (χ1v) is 5.26. The average molecular weight is 233 g/mol. The topological polar surface area (TPSA) is 85.1 Å². The average Bonchev–Trinajstić information content (AvgIpc) is 2.35. The number of primary amides is 1. The van der Waals surface area contributed by atoms with E-state index in [2.05, 4.69) is 10.3 Å². The summed E-state index contributed by atoms with van der Waals surface area (Å²) < 4.78 is 0. The summed E-state index contributed by atoms with van der Waals surface area (Å²) >= 11 is 0. The van der Waals surface area contributed by atoms with Crippen LogP contribution in [0, 0.1) is 0 Å². The third-order valence-corrected chi connectivity index (χ3v) is 2.19. The van der Waals surface area contributed by atoms with Gasteiger partial charge < -0.3 is 11.1 Å². The van der Waals surface area contributed by atoms with Gasteiger partial charge in [-0.25, -0.2) is 0 Å². The number of nitrogens with two attached hydrogens (primary N) is 1. The van der Waals surface area contributed by atoms with E-state index in [4.69, 9.17) is 5.73 Å². The molecule has 0 aromatic carbocycles. The first-order valence-electron chi connectivity index (χ1n) is 5.26. The van der Waals surface area contributed by atoms with Gasteiger partial charge in [0.05, 0.1) is 5.56 Å². The SMILES string of the molecule is CC(=CCCNC(=O)c1cccnc1)C(N)=O. The Morgan fingerprint density at radius 2 is 2.29 bits per heavy atom. The summed E-state index contributed by atoms with van der Waals surface area (Å²) in [5.74, 6) is -0.619. The van der Waals surface area contributed by atoms with Gasteiger partial charge in [0, 0.05) is 24.5 Å². The second-order valence-corrected chi connectivity index (χ2v) is 3.54. The first-order chi connectivity index (χ1) is 8.11. The molecule has 0 aliphatic rings. The number of carbonyl (C=O) groups excluding carboxylic acids is 2. The van der Waals surface area contributed by atoms with Crippen molar-refractivity contribution in [1.29, 1.82) is 0 Å². The summed E-state index contributed by atoms with van der Waals surface area (Å²) in [5.41, 5.74) is 6.08. The van der Waals surface area contributed by atoms with Gasteiger partial charge in [0.1, 0.15) is 0 Å². The molecular weight excluding hydrogens is 218 g/mol. The molecule has 1 aromatic heterocycles. The molecule has 3 N–H and O–H groups in total. The van der Waals surface area contributed by atoms with Crippen LogP contribution in [0.5, 0.6) is 0 Å². The van der Waals surface area contributed by atoms with Crippen molar-refractivity contribution >= 4 is 11.8 Å². The zero-order chi connectivity index (χ0) is 12.7. The monoisotopic (exact) mass is 233 g/mol. The maximum atomic E-state index is 11.6. The molecular formula is C12H15N3O2. The van der Waals surface area contributed by atoms with Gasteiger partial charge in [-0.2, -0.15) is 0 Å². The number of aromatic nitrogens is 1. The van der Waals surface area contributed by atoms with Crippen LogP contribution in [-0.2, 0) is 4.79 Å². The Morgan fingerprint density at radius 3 is 2.88 bits per heavy atom. The largest absolute Gasteiger partial charge is 0.366 e. The molecule has 1 rings (SSSR count). The number of nitrogens with one attached hydrogen (secondary N) is 1. The van der Waals surface area contributed by atoms with Crippen molar-refractivity contribution in [3.05, 3.63) is 41.7 Å². The molecule has 2 amide bonds. The van der Waals surface area contributed by atoms with Crippen molar-refractivity contribution in [2.45, 2.75) is 13.3 Å². The van der Waals surface area contributed by atoms with E-state index in [0.717, 1.165) is 0 Å². The molecule has 0 aliphatic carbocycles. The number of carbonyl (C=O) groups is 2. The number of hydrogen-bond donors (Lipinski definition) is 2. The fraction of sp³-hybridized carbons (Fsp3) is 0.250. The Balaban J connectivity index is 2.35. The van der Waals surface area contributed by atoms with Crippen molar-refractivity contribution in [2.24, 2.45) is 5.73 Å². The highest BCUT2D eigenvalue weighted by Gasteiger charge is 2.03. The summed E-state index contributed by atoms with van der Waals surface area (Å²) in [6.07, 6.45) is 5.38. The van der Waals surface area contributed by atoms with Gasteiger partial charge in [-0.1, -0.05) is 6.08 Å². The van der Waals surface area contributed by atoms with Crippen molar-refractivity contribution in [2.75, 3.05) is 6.54 Å². The highest BCUT2D eigenvalue weighted by atomic mass is 16.2. The van der Waals surface area contributed by atoms with Gasteiger partial charge in [0.25, 0.3) is 5.91 Å². The molecule has 5 nitrogen and oxygen atoms in total. The smallest absolute Gasteiger partial charge is 0.252 e. The Hall–Kier alpha value is -2.17. The number of nitrogens with zero attached hydrogens (tertiary/aromatic N) is 1. The molecule has 5 heteroatoms. The van der Waals surface area contributed by atoms with Gasteiger partial charge >= 0.3 is 0 Å². The van der Waals surface area contributed by atoms with E-state index < -0.39 is 5.91 Å². The van der Waals surface area contributed by atoms with Crippen LogP contribution in [0.25, 0.3) is 0 Å². The van der Waals surface area contributed by atoms with E-state index in [9.17, 15) is 9.59 Å². The molecule has 0 bridgehead atoms. The minimum absolute atomic E-state index is 0.178. The summed E-state index contributed by atoms with van der Waals surface area (Å²) in [6.45, 7) is 2.10. The quantitative estimate of drug-likeness (QED) is 0.578. The predicted octanol–water partition coefficient (Wildman–Crippen LogP) is 0.633. The minimum atomic E-state index is -0.441. The number of amides is 2. The number of pyridine rings is 1. The Labute approximate surface area is 99.7 Å². The third kappa shape index (κ3) is 4.46. The fourth-order valence-electron chi connectivity index (χ4n) is 1.17. The molecule has 1 aromatic rings. The lowest BCUT2D eigenvalue weighted by atomic mass is 10.2. The summed E-state index contributed by atoms with van der Waals surface area (Å²) in [6, 6.07) is 3.39. The lowest BCUT2D eigenvalue weighted by Gasteiger charge is -2.02. The summed E-state index contributed by atoms with van der Waals surface area (Å²) in [7, 11) is 0. The van der Waals surface area contributed by atoms with Gasteiger partial charge in [-0.05, 0) is 25.5 Å². The second kappa shape index (κ2) is 6.42. The van der Waals surface area contributed by atoms with Crippen LogP contribution in [0.15, 0.2) is 36.2 Å². The molecule has 0 spiro atoms. The maximum Gasteiger partial charge on any atom is 0.252 e. The van der Waals surface area contributed by atoms with Crippen LogP contribution in [0.1, 0.15) is 23.7 Å². The van der Waals surface area contributed by atoms with Crippen LogP contribution in [0.3, 0.4) is 0 Å². The van der Waals surface area contributed by atoms with Gasteiger partial charge in [-0.3, -0.25) is 14.6 Å². The highest BCUT2D eigenvalue weighted by molar-refractivity contribution is 5.93. The molecule has 1 heterocycles. The highest BCUT2D eigenvalue weighted by Crippen LogP contribution is 1.96. The fourth-order valence-corrected chi connectivity index (χ4v) is 1.17. The normalized spacial score (nSPS) is 11.0. The number of rotatable bonds is 5. The van der Waals surface area contributed by atoms with Crippen molar-refractivity contribution in [3.8, 4) is 0 Å². The Morgan fingerprint density at radius 1 is 1.53 bits per heavy atom. The van der Waals surface area contributed by atoms with Crippen LogP contribution in [0.2, 0.25) is 0 Å². The molecule has 90 valence electrons. The van der Waals surface area contributed by atoms with Crippen LogP contribution in [0.4, 0.5) is 0 Å². The predicted molar refractivity (Wildman–Crippen MR) is 64.1 cm³/mol. The van der Waals surface area contributed by atoms with Gasteiger partial charge in [0.15, 0.2) is 0 Å². The van der Waals surface area contributed by atoms with Crippen LogP contribution in [-0.4, -0.2) is 23.3 Å². The van der Waals surface area contributed by atoms with E-state index in [1.54, 1.807) is 31.3 Å². The first kappa shape index (κ1) is 12.9. The van der Waals surface area contributed by atoms with Crippen molar-refractivity contribution in [1.82, 2.24) is 10.3 Å². The molecule has 0 fully saturated rings. The van der Waals surface area contributed by atoms with E-state index in [1.807, 2.05) is 0 Å². The van der Waals surface area contributed by atoms with E-state index in [0.29, 0.717) is 24.1 Å². The van der Waals surface area contributed by atoms with Gasteiger partial charge in [0.2, 0.25) is 5.91 Å².